The third-order valence-corrected chi connectivity index (χ3v) is 3.51. The molecule has 0 fully saturated rings. The van der Waals surface area contributed by atoms with Gasteiger partial charge < -0.3 is 18.9 Å². The number of rotatable bonds is 4. The van der Waals surface area contributed by atoms with Crippen LogP contribution in [0.2, 0.25) is 0 Å². The first-order valence-corrected chi connectivity index (χ1v) is 7.78. The summed E-state index contributed by atoms with van der Waals surface area (Å²) < 4.78 is 19.7. The lowest BCUT2D eigenvalue weighted by Crippen LogP contribution is -2.18. The van der Waals surface area contributed by atoms with Crippen molar-refractivity contribution in [3.8, 4) is 11.6 Å². The molecule has 0 N–H and O–H groups in total. The van der Waals surface area contributed by atoms with Crippen LogP contribution in [0.3, 0.4) is 0 Å². The molecule has 1 heterocycles. The molecule has 2 rings (SSSR count). The van der Waals surface area contributed by atoms with Crippen LogP contribution in [0.15, 0.2) is 6.07 Å². The number of hydrogen-bond acceptors (Lipinski definition) is 7. The van der Waals surface area contributed by atoms with Crippen LogP contribution < -0.4 is 9.47 Å². The Balaban J connectivity index is 2.32. The van der Waals surface area contributed by atoms with Gasteiger partial charge in [0.2, 0.25) is 0 Å². The summed E-state index contributed by atoms with van der Waals surface area (Å²) in [5, 5.41) is 0. The number of fused-ring (bicyclic) bond motifs is 1. The first-order valence-electron chi connectivity index (χ1n) is 7.78. The third kappa shape index (κ3) is 4.34. The Labute approximate surface area is 134 Å². The summed E-state index contributed by atoms with van der Waals surface area (Å²) in [7, 11) is 0. The van der Waals surface area contributed by atoms with Gasteiger partial charge in [-0.15, -0.1) is 0 Å². The van der Waals surface area contributed by atoms with Gasteiger partial charge in [0.1, 0.15) is 0 Å². The molecule has 0 saturated heterocycles. The van der Waals surface area contributed by atoms with Gasteiger partial charge in [-0.05, 0) is 50.7 Å². The summed E-state index contributed by atoms with van der Waals surface area (Å²) in [6.45, 7) is 5.76. The van der Waals surface area contributed by atoms with Crippen LogP contribution >= 0.6 is 0 Å². The molecule has 0 saturated carbocycles. The number of hydrogen-bond donors (Lipinski definition) is 0. The number of carbonyl (C=O) groups excluding carboxylic acids is 2. The smallest absolute Gasteiger partial charge is 0.434 e. The minimum absolute atomic E-state index is 0.0596. The quantitative estimate of drug-likeness (QED) is 0.783. The molecule has 0 aliphatic heterocycles. The van der Waals surface area contributed by atoms with E-state index < -0.39 is 12.3 Å². The zero-order chi connectivity index (χ0) is 16.8. The van der Waals surface area contributed by atoms with Crippen molar-refractivity contribution in [3.05, 3.63) is 17.3 Å². The lowest BCUT2D eigenvalue weighted by molar-refractivity contribution is 0.0923. The monoisotopic (exact) mass is 323 g/mol. The lowest BCUT2D eigenvalue weighted by Gasteiger charge is -2.22. The SMILES string of the molecule is CCOC(=O)Oc1cc2c(nc1OC(=O)OCC)C(C)CCC2. The fraction of sp³-hybridized carbons (Fsp3) is 0.562. The van der Waals surface area contributed by atoms with E-state index in [-0.39, 0.29) is 30.8 Å². The Hall–Kier alpha value is -2.31. The van der Waals surface area contributed by atoms with Gasteiger partial charge in [-0.2, -0.15) is 0 Å². The van der Waals surface area contributed by atoms with Crippen molar-refractivity contribution < 1.29 is 28.5 Å². The molecule has 1 aliphatic rings. The second-order valence-electron chi connectivity index (χ2n) is 5.20. The highest BCUT2D eigenvalue weighted by Crippen LogP contribution is 2.36. The number of pyridine rings is 1. The molecule has 1 unspecified atom stereocenters. The highest BCUT2D eigenvalue weighted by atomic mass is 16.7. The van der Waals surface area contributed by atoms with Gasteiger partial charge >= 0.3 is 12.3 Å². The van der Waals surface area contributed by atoms with E-state index in [1.807, 2.05) is 0 Å². The van der Waals surface area contributed by atoms with Crippen molar-refractivity contribution in [2.45, 2.75) is 46.0 Å². The summed E-state index contributed by atoms with van der Waals surface area (Å²) in [4.78, 5) is 27.5. The summed E-state index contributed by atoms with van der Waals surface area (Å²) in [5.41, 5.74) is 1.84. The van der Waals surface area contributed by atoms with Crippen LogP contribution in [0, 0.1) is 0 Å². The van der Waals surface area contributed by atoms with Gasteiger partial charge in [0.05, 0.1) is 18.9 Å². The largest absolute Gasteiger partial charge is 0.515 e. The first kappa shape index (κ1) is 17.1. The Kier molecular flexibility index (Phi) is 5.78. The van der Waals surface area contributed by atoms with Crippen molar-refractivity contribution in [1.82, 2.24) is 4.98 Å². The van der Waals surface area contributed by atoms with Gasteiger partial charge in [-0.1, -0.05) is 6.92 Å². The summed E-state index contributed by atoms with van der Waals surface area (Å²) in [6.07, 6.45) is 1.12. The van der Waals surface area contributed by atoms with Crippen molar-refractivity contribution in [2.75, 3.05) is 13.2 Å². The number of nitrogens with zero attached hydrogens (tertiary/aromatic N) is 1. The maximum absolute atomic E-state index is 11.6. The molecule has 0 radical (unpaired) electrons. The van der Waals surface area contributed by atoms with Crippen LogP contribution in [-0.2, 0) is 15.9 Å². The van der Waals surface area contributed by atoms with Gasteiger partial charge in [-0.3, -0.25) is 0 Å². The van der Waals surface area contributed by atoms with Crippen LogP contribution in [0.1, 0.15) is 50.8 Å². The maximum Gasteiger partial charge on any atom is 0.515 e. The average molecular weight is 323 g/mol. The molecule has 0 aromatic carbocycles. The summed E-state index contributed by atoms with van der Waals surface area (Å²) >= 11 is 0. The predicted octanol–water partition coefficient (Wildman–Crippen LogP) is 3.59. The summed E-state index contributed by atoms with van der Waals surface area (Å²) in [5.74, 6) is 0.230. The zero-order valence-electron chi connectivity index (χ0n) is 13.6. The molecule has 0 spiro atoms. The molecule has 23 heavy (non-hydrogen) atoms. The van der Waals surface area contributed by atoms with E-state index in [4.69, 9.17) is 18.9 Å². The van der Waals surface area contributed by atoms with E-state index in [2.05, 4.69) is 11.9 Å². The number of carbonyl (C=O) groups is 2. The number of aryl methyl sites for hydroxylation is 1. The van der Waals surface area contributed by atoms with E-state index in [9.17, 15) is 9.59 Å². The van der Waals surface area contributed by atoms with Crippen molar-refractivity contribution in [2.24, 2.45) is 0 Å². The molecular formula is C16H21NO6. The van der Waals surface area contributed by atoms with E-state index in [1.54, 1.807) is 19.9 Å². The van der Waals surface area contributed by atoms with Crippen LogP contribution in [0.4, 0.5) is 9.59 Å². The second kappa shape index (κ2) is 7.80. The molecule has 0 bridgehead atoms. The van der Waals surface area contributed by atoms with Crippen LogP contribution in [0.5, 0.6) is 11.6 Å². The fourth-order valence-corrected chi connectivity index (χ4v) is 2.50. The molecule has 1 aromatic heterocycles. The highest BCUT2D eigenvalue weighted by molar-refractivity contribution is 5.68. The highest BCUT2D eigenvalue weighted by Gasteiger charge is 2.25. The second-order valence-corrected chi connectivity index (χ2v) is 5.20. The van der Waals surface area contributed by atoms with Crippen molar-refractivity contribution in [1.29, 1.82) is 0 Å². The minimum atomic E-state index is -0.892. The maximum atomic E-state index is 11.6. The Morgan fingerprint density at radius 3 is 2.48 bits per heavy atom. The van der Waals surface area contributed by atoms with E-state index in [1.165, 1.54) is 0 Å². The molecule has 7 nitrogen and oxygen atoms in total. The van der Waals surface area contributed by atoms with Crippen LogP contribution in [0.25, 0.3) is 0 Å². The first-order chi connectivity index (χ1) is 11.0. The van der Waals surface area contributed by atoms with Crippen molar-refractivity contribution in [3.63, 3.8) is 0 Å². The van der Waals surface area contributed by atoms with E-state index in [0.717, 1.165) is 30.5 Å². The third-order valence-electron chi connectivity index (χ3n) is 3.51. The van der Waals surface area contributed by atoms with Gasteiger partial charge in [-0.25, -0.2) is 14.6 Å². The Morgan fingerprint density at radius 1 is 1.17 bits per heavy atom. The summed E-state index contributed by atoms with van der Waals surface area (Å²) in [6, 6.07) is 1.68. The number of ether oxygens (including phenoxy) is 4. The lowest BCUT2D eigenvalue weighted by atomic mass is 9.88. The standard InChI is InChI=1S/C16H21NO6/c1-4-20-15(18)22-12-9-11-8-6-7-10(3)13(11)17-14(12)23-16(19)21-5-2/h9-10H,4-8H2,1-3H3. The van der Waals surface area contributed by atoms with E-state index in [0.29, 0.717) is 0 Å². The van der Waals surface area contributed by atoms with Gasteiger partial charge in [0.15, 0.2) is 5.75 Å². The normalized spacial score (nSPS) is 16.2. The molecule has 1 atom stereocenters. The van der Waals surface area contributed by atoms with Crippen molar-refractivity contribution >= 4 is 12.3 Å². The Morgan fingerprint density at radius 2 is 1.83 bits per heavy atom. The number of aromatic nitrogens is 1. The predicted molar refractivity (Wildman–Crippen MR) is 80.9 cm³/mol. The minimum Gasteiger partial charge on any atom is -0.434 e. The molecule has 0 amide bonds. The fourth-order valence-electron chi connectivity index (χ4n) is 2.50. The topological polar surface area (TPSA) is 84.0 Å². The Bertz CT molecular complexity index is 586. The molecule has 7 heteroatoms. The molecule has 1 aromatic rings. The van der Waals surface area contributed by atoms with Crippen LogP contribution in [-0.4, -0.2) is 30.5 Å². The molecular weight excluding hydrogens is 302 g/mol. The zero-order valence-corrected chi connectivity index (χ0v) is 13.6. The molecule has 126 valence electrons. The van der Waals surface area contributed by atoms with Gasteiger partial charge in [0.25, 0.3) is 5.88 Å². The average Bonchev–Trinajstić information content (AvgIpc) is 2.49. The van der Waals surface area contributed by atoms with E-state index >= 15 is 0 Å². The van der Waals surface area contributed by atoms with Gasteiger partial charge in [0, 0.05) is 0 Å². The molecule has 1 aliphatic carbocycles.